The van der Waals surface area contributed by atoms with Gasteiger partial charge >= 0.3 is 6.18 Å². The second kappa shape index (κ2) is 9.29. The minimum Gasteiger partial charge on any atom is -0.493 e. The van der Waals surface area contributed by atoms with Crippen LogP contribution in [0.4, 0.5) is 17.6 Å². The summed E-state index contributed by atoms with van der Waals surface area (Å²) in [6.07, 6.45) is -1.21. The van der Waals surface area contributed by atoms with Crippen molar-refractivity contribution < 1.29 is 30.7 Å². The van der Waals surface area contributed by atoms with Crippen LogP contribution in [-0.4, -0.2) is 29.8 Å². The Labute approximate surface area is 210 Å². The van der Waals surface area contributed by atoms with E-state index in [0.717, 1.165) is 18.2 Å². The fraction of sp³-hybridized carbons (Fsp3) is 0.231. The Morgan fingerprint density at radius 1 is 1.05 bits per heavy atom. The summed E-state index contributed by atoms with van der Waals surface area (Å²) in [5.41, 5.74) is 1.23. The number of pyridine rings is 1. The molecule has 0 spiro atoms. The average molecular weight is 532 g/mol. The highest BCUT2D eigenvalue weighted by molar-refractivity contribution is 7.90. The van der Waals surface area contributed by atoms with Gasteiger partial charge in [0.1, 0.15) is 11.6 Å². The first kappa shape index (κ1) is 24.9. The standard InChI is InChI=1S/C26H21F4N3O3S/c1-33-24(8-11-32-33)21-13-16(26(28,29)30)4-6-18(21)19-9-12-36-25-14-17(5-7-20(19)25)37(34,35)15-23-22(27)3-2-10-31-23/h2-8,10-11,13-14,19H,9,12,15H2,1H3/t19-/m0/s1. The molecule has 1 aliphatic heterocycles. The van der Waals surface area contributed by atoms with Crippen LogP contribution in [0.2, 0.25) is 0 Å². The lowest BCUT2D eigenvalue weighted by molar-refractivity contribution is -0.137. The van der Waals surface area contributed by atoms with Gasteiger partial charge in [-0.2, -0.15) is 18.3 Å². The molecule has 1 atom stereocenters. The molecule has 1 aliphatic rings. The summed E-state index contributed by atoms with van der Waals surface area (Å²) in [7, 11) is -2.29. The Morgan fingerprint density at radius 2 is 1.84 bits per heavy atom. The molecule has 0 amide bonds. The summed E-state index contributed by atoms with van der Waals surface area (Å²) in [4.78, 5) is 3.76. The van der Waals surface area contributed by atoms with E-state index >= 15 is 0 Å². The monoisotopic (exact) mass is 531 g/mol. The van der Waals surface area contributed by atoms with Gasteiger partial charge in [-0.25, -0.2) is 12.8 Å². The third-order valence-electron chi connectivity index (χ3n) is 6.40. The van der Waals surface area contributed by atoms with Crippen molar-refractivity contribution in [2.45, 2.75) is 29.2 Å². The number of hydrogen-bond acceptors (Lipinski definition) is 5. The Kier molecular flexibility index (Phi) is 6.26. The fourth-order valence-corrected chi connectivity index (χ4v) is 5.87. The van der Waals surface area contributed by atoms with Gasteiger partial charge in [0.2, 0.25) is 0 Å². The molecule has 2 aromatic heterocycles. The predicted octanol–water partition coefficient (Wildman–Crippen LogP) is 5.53. The summed E-state index contributed by atoms with van der Waals surface area (Å²) >= 11 is 0. The Balaban J connectivity index is 1.56. The van der Waals surface area contributed by atoms with Gasteiger partial charge in [-0.3, -0.25) is 9.67 Å². The van der Waals surface area contributed by atoms with E-state index in [1.54, 1.807) is 19.2 Å². The molecule has 0 radical (unpaired) electrons. The van der Waals surface area contributed by atoms with E-state index in [9.17, 15) is 26.0 Å². The Hall–Kier alpha value is -3.73. The van der Waals surface area contributed by atoms with Gasteiger partial charge in [0.05, 0.1) is 34.2 Å². The van der Waals surface area contributed by atoms with Crippen LogP contribution >= 0.6 is 0 Å². The molecule has 0 N–H and O–H groups in total. The minimum absolute atomic E-state index is 0.0590. The van der Waals surface area contributed by atoms with Crippen LogP contribution in [0.1, 0.15) is 34.7 Å². The van der Waals surface area contributed by atoms with Crippen molar-refractivity contribution in [3.8, 4) is 17.0 Å². The third-order valence-corrected chi connectivity index (χ3v) is 8.02. The van der Waals surface area contributed by atoms with E-state index in [1.807, 2.05) is 0 Å². The molecule has 0 bridgehead atoms. The van der Waals surface area contributed by atoms with E-state index < -0.39 is 33.1 Å². The second-order valence-corrected chi connectivity index (χ2v) is 10.7. The van der Waals surface area contributed by atoms with Crippen LogP contribution in [0.3, 0.4) is 0 Å². The average Bonchev–Trinajstić information content (AvgIpc) is 3.29. The minimum atomic E-state index is -4.52. The number of hydrogen-bond donors (Lipinski definition) is 0. The van der Waals surface area contributed by atoms with E-state index in [0.29, 0.717) is 34.6 Å². The molecule has 0 saturated heterocycles. The summed E-state index contributed by atoms with van der Waals surface area (Å²) in [6.45, 7) is 0.238. The molecule has 0 unspecified atom stereocenters. The number of benzene rings is 2. The van der Waals surface area contributed by atoms with Gasteiger partial charge in [0, 0.05) is 36.5 Å². The first-order valence-electron chi connectivity index (χ1n) is 11.3. The van der Waals surface area contributed by atoms with Crippen molar-refractivity contribution in [2.75, 3.05) is 6.61 Å². The smallest absolute Gasteiger partial charge is 0.416 e. The lowest BCUT2D eigenvalue weighted by Crippen LogP contribution is -2.18. The molecule has 4 aromatic rings. The number of alkyl halides is 3. The van der Waals surface area contributed by atoms with Gasteiger partial charge in [-0.1, -0.05) is 12.1 Å². The van der Waals surface area contributed by atoms with Crippen LogP contribution in [0.25, 0.3) is 11.3 Å². The zero-order valence-corrected chi connectivity index (χ0v) is 20.4. The molecule has 11 heteroatoms. The van der Waals surface area contributed by atoms with Gasteiger partial charge in [-0.15, -0.1) is 0 Å². The van der Waals surface area contributed by atoms with Gasteiger partial charge in [0.15, 0.2) is 9.84 Å². The van der Waals surface area contributed by atoms with Gasteiger partial charge < -0.3 is 4.74 Å². The maximum atomic E-state index is 14.0. The Bertz CT molecular complexity index is 1580. The molecule has 0 fully saturated rings. The van der Waals surface area contributed by atoms with Gasteiger partial charge in [0.25, 0.3) is 0 Å². The maximum absolute atomic E-state index is 14.0. The fourth-order valence-electron chi connectivity index (χ4n) is 4.57. The highest BCUT2D eigenvalue weighted by atomic mass is 32.2. The number of nitrogens with zero attached hydrogens (tertiary/aromatic N) is 3. The molecule has 5 rings (SSSR count). The van der Waals surface area contributed by atoms with Crippen molar-refractivity contribution in [1.82, 2.24) is 14.8 Å². The van der Waals surface area contributed by atoms with Crippen molar-refractivity contribution >= 4 is 9.84 Å². The van der Waals surface area contributed by atoms with E-state index in [4.69, 9.17) is 4.74 Å². The molecule has 6 nitrogen and oxygen atoms in total. The number of aryl methyl sites for hydroxylation is 1. The third kappa shape index (κ3) is 4.83. The van der Waals surface area contributed by atoms with Crippen LogP contribution in [0, 0.1) is 5.82 Å². The largest absolute Gasteiger partial charge is 0.493 e. The lowest BCUT2D eigenvalue weighted by Gasteiger charge is -2.28. The first-order valence-corrected chi connectivity index (χ1v) is 13.0. The molecular weight excluding hydrogens is 510 g/mol. The molecule has 3 heterocycles. The molecule has 192 valence electrons. The molecular formula is C26H21F4N3O3S. The van der Waals surface area contributed by atoms with Crippen molar-refractivity contribution in [3.05, 3.63) is 95.2 Å². The molecule has 37 heavy (non-hydrogen) atoms. The highest BCUT2D eigenvalue weighted by Crippen LogP contribution is 2.44. The van der Waals surface area contributed by atoms with Crippen molar-refractivity contribution in [1.29, 1.82) is 0 Å². The number of ether oxygens (including phenoxy) is 1. The highest BCUT2D eigenvalue weighted by Gasteiger charge is 2.34. The SMILES string of the molecule is Cn1nccc1-c1cc(C(F)(F)F)ccc1[C@@H]1CCOc2cc(S(=O)(=O)Cc3ncccc3F)ccc21. The van der Waals surface area contributed by atoms with Crippen LogP contribution in [0.15, 0.2) is 71.9 Å². The zero-order chi connectivity index (χ0) is 26.4. The summed E-state index contributed by atoms with van der Waals surface area (Å²) < 4.78 is 87.9. The normalized spacial score (nSPS) is 15.8. The van der Waals surface area contributed by atoms with Crippen molar-refractivity contribution in [2.24, 2.45) is 7.05 Å². The quantitative estimate of drug-likeness (QED) is 0.317. The zero-order valence-electron chi connectivity index (χ0n) is 19.5. The molecule has 0 saturated carbocycles. The van der Waals surface area contributed by atoms with E-state index in [-0.39, 0.29) is 23.1 Å². The summed E-state index contributed by atoms with van der Waals surface area (Å²) in [6, 6.07) is 12.2. The van der Waals surface area contributed by atoms with Crippen LogP contribution < -0.4 is 4.74 Å². The number of halogens is 4. The first-order chi connectivity index (χ1) is 17.5. The number of sulfone groups is 1. The van der Waals surface area contributed by atoms with Crippen LogP contribution in [-0.2, 0) is 28.8 Å². The summed E-state index contributed by atoms with van der Waals surface area (Å²) in [5, 5.41) is 4.11. The summed E-state index contributed by atoms with van der Waals surface area (Å²) in [5.74, 6) is -1.37. The van der Waals surface area contributed by atoms with E-state index in [2.05, 4.69) is 10.1 Å². The molecule has 0 aliphatic carbocycles. The number of fused-ring (bicyclic) bond motifs is 1. The predicted molar refractivity (Wildman–Crippen MR) is 127 cm³/mol. The van der Waals surface area contributed by atoms with Crippen LogP contribution in [0.5, 0.6) is 5.75 Å². The van der Waals surface area contributed by atoms with E-state index in [1.165, 1.54) is 41.3 Å². The number of rotatable bonds is 5. The topological polar surface area (TPSA) is 74.1 Å². The lowest BCUT2D eigenvalue weighted by atomic mass is 9.83. The second-order valence-electron chi connectivity index (χ2n) is 8.72. The maximum Gasteiger partial charge on any atom is 0.416 e. The molecule has 2 aromatic carbocycles. The van der Waals surface area contributed by atoms with Gasteiger partial charge in [-0.05, 0) is 54.4 Å². The number of aromatic nitrogens is 3. The van der Waals surface area contributed by atoms with Crippen molar-refractivity contribution in [3.63, 3.8) is 0 Å². The Morgan fingerprint density at radius 3 is 2.54 bits per heavy atom.